The number of rotatable bonds is 6. The summed E-state index contributed by atoms with van der Waals surface area (Å²) >= 11 is 6.25. The first-order chi connectivity index (χ1) is 15.3. The maximum atomic E-state index is 13.1. The normalized spacial score (nSPS) is 18.5. The number of carbonyl (C=O) groups is 3. The van der Waals surface area contributed by atoms with Crippen molar-refractivity contribution in [3.63, 3.8) is 0 Å². The van der Waals surface area contributed by atoms with E-state index in [1.54, 1.807) is 30.3 Å². The topological polar surface area (TPSA) is 87.7 Å². The summed E-state index contributed by atoms with van der Waals surface area (Å²) in [4.78, 5) is 39.4. The molecule has 2 aliphatic rings. The molecule has 2 aromatic rings. The maximum absolute atomic E-state index is 13.1. The van der Waals surface area contributed by atoms with E-state index in [1.807, 2.05) is 26.0 Å². The molecule has 4 rings (SSSR count). The highest BCUT2D eigenvalue weighted by atomic mass is 35.5. The molecule has 3 amide bonds. The number of hydrogen-bond acceptors (Lipinski definition) is 5. The minimum atomic E-state index is -0.585. The second-order valence-corrected chi connectivity index (χ2v) is 8.35. The Hall–Kier alpha value is -3.16. The Morgan fingerprint density at radius 3 is 2.72 bits per heavy atom. The molecule has 0 radical (unpaired) electrons. The van der Waals surface area contributed by atoms with Crippen LogP contribution in [0.1, 0.15) is 34.3 Å². The summed E-state index contributed by atoms with van der Waals surface area (Å²) in [5.41, 5.74) is 3.09. The second kappa shape index (κ2) is 9.14. The quantitative estimate of drug-likeness (QED) is 0.652. The van der Waals surface area contributed by atoms with Gasteiger partial charge in [0.05, 0.1) is 11.8 Å². The number of amides is 3. The van der Waals surface area contributed by atoms with Crippen LogP contribution in [0.3, 0.4) is 0 Å². The van der Waals surface area contributed by atoms with E-state index in [4.69, 9.17) is 16.3 Å². The Labute approximate surface area is 191 Å². The Kier molecular flexibility index (Phi) is 6.30. The summed E-state index contributed by atoms with van der Waals surface area (Å²) in [6, 6.07) is 12.2. The Bertz CT molecular complexity index is 1120. The van der Waals surface area contributed by atoms with E-state index in [-0.39, 0.29) is 22.7 Å². The van der Waals surface area contributed by atoms with Crippen LogP contribution < -0.4 is 15.5 Å². The van der Waals surface area contributed by atoms with Crippen molar-refractivity contribution < 1.29 is 19.1 Å². The van der Waals surface area contributed by atoms with Gasteiger partial charge in [-0.3, -0.25) is 14.4 Å². The molecule has 0 spiro atoms. The van der Waals surface area contributed by atoms with Crippen LogP contribution in [-0.2, 0) is 14.3 Å². The van der Waals surface area contributed by atoms with Crippen LogP contribution in [0.25, 0.3) is 0 Å². The molecule has 1 saturated heterocycles. The number of imide groups is 1. The highest BCUT2D eigenvalue weighted by Gasteiger charge is 2.39. The number of benzene rings is 2. The summed E-state index contributed by atoms with van der Waals surface area (Å²) in [5.74, 6) is -1.37. The lowest BCUT2D eigenvalue weighted by atomic mass is 10.1. The fourth-order valence-corrected chi connectivity index (χ4v) is 4.00. The molecule has 2 N–H and O–H groups in total. The molecule has 0 saturated carbocycles. The fraction of sp³-hybridized carbons (Fsp3) is 0.292. The predicted octanol–water partition coefficient (Wildman–Crippen LogP) is 3.65. The minimum absolute atomic E-state index is 0.0190. The average Bonchev–Trinajstić information content (AvgIpc) is 3.37. The van der Waals surface area contributed by atoms with Crippen LogP contribution in [0.15, 0.2) is 53.2 Å². The molecule has 7 nitrogen and oxygen atoms in total. The Morgan fingerprint density at radius 1 is 1.16 bits per heavy atom. The Balaban J connectivity index is 1.50. The van der Waals surface area contributed by atoms with Gasteiger partial charge in [0.15, 0.2) is 0 Å². The lowest BCUT2D eigenvalue weighted by Crippen LogP contribution is -2.33. The third kappa shape index (κ3) is 4.40. The van der Waals surface area contributed by atoms with Gasteiger partial charge in [-0.1, -0.05) is 29.8 Å². The standard InChI is InChI=1S/C24H24ClN3O4/c1-14-8-9-15(2)19(11-14)28-23(30)20(25)21(24(28)31)27-17-6-3-5-16(12-17)22(29)26-13-18-7-4-10-32-18/h3,5-6,8-9,11-12,18,27H,4,7,10,13H2,1-2H3,(H,26,29). The Morgan fingerprint density at radius 2 is 1.97 bits per heavy atom. The fourth-order valence-electron chi connectivity index (χ4n) is 3.79. The molecule has 1 fully saturated rings. The first-order valence-corrected chi connectivity index (χ1v) is 10.9. The van der Waals surface area contributed by atoms with E-state index < -0.39 is 11.8 Å². The zero-order valence-electron chi connectivity index (χ0n) is 17.9. The summed E-state index contributed by atoms with van der Waals surface area (Å²) in [5, 5.41) is 5.60. The zero-order chi connectivity index (χ0) is 22.8. The minimum Gasteiger partial charge on any atom is -0.376 e. The number of anilines is 2. The third-order valence-corrected chi connectivity index (χ3v) is 5.89. The highest BCUT2D eigenvalue weighted by molar-refractivity contribution is 6.53. The zero-order valence-corrected chi connectivity index (χ0v) is 18.7. The van der Waals surface area contributed by atoms with Gasteiger partial charge in [-0.05, 0) is 62.1 Å². The van der Waals surface area contributed by atoms with E-state index >= 15 is 0 Å². The van der Waals surface area contributed by atoms with Gasteiger partial charge in [-0.2, -0.15) is 0 Å². The molecule has 0 aliphatic carbocycles. The summed E-state index contributed by atoms with van der Waals surface area (Å²) in [6.45, 7) is 4.89. The smallest absolute Gasteiger partial charge is 0.283 e. The molecule has 0 bridgehead atoms. The molecule has 0 aromatic heterocycles. The maximum Gasteiger partial charge on any atom is 0.283 e. The average molecular weight is 454 g/mol. The van der Waals surface area contributed by atoms with Gasteiger partial charge in [0.1, 0.15) is 10.7 Å². The molecule has 2 heterocycles. The molecular weight excluding hydrogens is 430 g/mol. The number of ether oxygens (including phenoxy) is 1. The third-order valence-electron chi connectivity index (χ3n) is 5.54. The highest BCUT2D eigenvalue weighted by Crippen LogP contribution is 2.32. The second-order valence-electron chi connectivity index (χ2n) is 7.98. The molecule has 32 heavy (non-hydrogen) atoms. The van der Waals surface area contributed by atoms with Gasteiger partial charge in [-0.25, -0.2) is 4.90 Å². The van der Waals surface area contributed by atoms with Crippen LogP contribution in [0.2, 0.25) is 0 Å². The van der Waals surface area contributed by atoms with Crippen molar-refractivity contribution in [3.05, 3.63) is 69.9 Å². The van der Waals surface area contributed by atoms with Crippen LogP contribution in [-0.4, -0.2) is 37.0 Å². The molecule has 2 aliphatic heterocycles. The van der Waals surface area contributed by atoms with Crippen molar-refractivity contribution in [1.82, 2.24) is 5.32 Å². The summed E-state index contributed by atoms with van der Waals surface area (Å²) < 4.78 is 5.53. The van der Waals surface area contributed by atoms with Gasteiger partial charge in [0.2, 0.25) is 0 Å². The van der Waals surface area contributed by atoms with E-state index in [1.165, 1.54) is 0 Å². The predicted molar refractivity (Wildman–Crippen MR) is 123 cm³/mol. The monoisotopic (exact) mass is 453 g/mol. The molecule has 8 heteroatoms. The number of carbonyl (C=O) groups excluding carboxylic acids is 3. The molecular formula is C24H24ClN3O4. The van der Waals surface area contributed by atoms with E-state index in [2.05, 4.69) is 10.6 Å². The van der Waals surface area contributed by atoms with E-state index in [0.29, 0.717) is 23.5 Å². The molecule has 1 atom stereocenters. The SMILES string of the molecule is Cc1ccc(C)c(N2C(=O)C(Cl)=C(Nc3cccc(C(=O)NCC4CCCO4)c3)C2=O)c1. The van der Waals surface area contributed by atoms with Crippen LogP contribution in [0.4, 0.5) is 11.4 Å². The summed E-state index contributed by atoms with van der Waals surface area (Å²) in [7, 11) is 0. The first-order valence-electron chi connectivity index (χ1n) is 10.5. The lowest BCUT2D eigenvalue weighted by Gasteiger charge is -2.18. The molecule has 2 aromatic carbocycles. The van der Waals surface area contributed by atoms with Crippen LogP contribution in [0, 0.1) is 13.8 Å². The largest absolute Gasteiger partial charge is 0.376 e. The van der Waals surface area contributed by atoms with Gasteiger partial charge in [-0.15, -0.1) is 0 Å². The van der Waals surface area contributed by atoms with E-state index in [0.717, 1.165) is 35.5 Å². The molecule has 166 valence electrons. The molecule has 1 unspecified atom stereocenters. The lowest BCUT2D eigenvalue weighted by molar-refractivity contribution is -0.120. The van der Waals surface area contributed by atoms with E-state index in [9.17, 15) is 14.4 Å². The van der Waals surface area contributed by atoms with Crippen molar-refractivity contribution in [2.75, 3.05) is 23.4 Å². The van der Waals surface area contributed by atoms with Crippen LogP contribution >= 0.6 is 11.6 Å². The van der Waals surface area contributed by atoms with Crippen molar-refractivity contribution in [1.29, 1.82) is 0 Å². The van der Waals surface area contributed by atoms with Crippen LogP contribution in [0.5, 0.6) is 0 Å². The van der Waals surface area contributed by atoms with Crippen molar-refractivity contribution in [2.24, 2.45) is 0 Å². The number of halogens is 1. The number of aryl methyl sites for hydroxylation is 2. The van der Waals surface area contributed by atoms with Gasteiger partial charge in [0, 0.05) is 24.4 Å². The number of nitrogens with one attached hydrogen (secondary N) is 2. The van der Waals surface area contributed by atoms with Crippen molar-refractivity contribution in [2.45, 2.75) is 32.8 Å². The van der Waals surface area contributed by atoms with Gasteiger partial charge < -0.3 is 15.4 Å². The van der Waals surface area contributed by atoms with Gasteiger partial charge >= 0.3 is 0 Å². The van der Waals surface area contributed by atoms with Crippen molar-refractivity contribution >= 4 is 40.7 Å². The number of hydrogen-bond donors (Lipinski definition) is 2. The van der Waals surface area contributed by atoms with Crippen molar-refractivity contribution in [3.8, 4) is 0 Å². The number of nitrogens with zero attached hydrogens (tertiary/aromatic N) is 1. The van der Waals surface area contributed by atoms with Gasteiger partial charge in [0.25, 0.3) is 17.7 Å². The first kappa shape index (κ1) is 22.0. The summed E-state index contributed by atoms with van der Waals surface area (Å²) in [6.07, 6.45) is 1.98.